The van der Waals surface area contributed by atoms with Crippen molar-refractivity contribution in [3.8, 4) is 21.4 Å². The van der Waals surface area contributed by atoms with Crippen molar-refractivity contribution in [3.05, 3.63) is 77.7 Å². The molecule has 0 amide bonds. The predicted octanol–water partition coefficient (Wildman–Crippen LogP) is 4.63. The van der Waals surface area contributed by atoms with Gasteiger partial charge in [0.05, 0.1) is 0 Å². The van der Waals surface area contributed by atoms with Crippen molar-refractivity contribution in [3.63, 3.8) is 0 Å². The molecule has 0 spiro atoms. The Labute approximate surface area is 129 Å². The molecule has 0 saturated carbocycles. The Balaban J connectivity index is 1.85. The van der Waals surface area contributed by atoms with Gasteiger partial charge in [-0.05, 0) is 0 Å². The van der Waals surface area contributed by atoms with Gasteiger partial charge in [0.25, 0.3) is 0 Å². The zero-order chi connectivity index (χ0) is 14.1. The number of nitrogens with zero attached hydrogens (tertiary/aromatic N) is 1. The molecule has 4 aromatic rings. The van der Waals surface area contributed by atoms with Gasteiger partial charge in [0.15, 0.2) is 0 Å². The van der Waals surface area contributed by atoms with Crippen molar-refractivity contribution in [2.24, 2.45) is 0 Å². The summed E-state index contributed by atoms with van der Waals surface area (Å²) in [4.78, 5) is 7.16. The van der Waals surface area contributed by atoms with E-state index in [1.54, 1.807) is 0 Å². The third-order valence-electron chi connectivity index (χ3n) is 3.59. The van der Waals surface area contributed by atoms with Gasteiger partial charge in [-0.25, -0.2) is 0 Å². The number of aromatic nitrogens is 1. The molecule has 0 bridgehead atoms. The summed E-state index contributed by atoms with van der Waals surface area (Å²) in [5, 5.41) is 2.57. The van der Waals surface area contributed by atoms with Gasteiger partial charge < -0.3 is 0 Å². The summed E-state index contributed by atoms with van der Waals surface area (Å²) < 4.78 is 1.22. The van der Waals surface area contributed by atoms with Gasteiger partial charge >= 0.3 is 129 Å². The molecule has 0 radical (unpaired) electrons. The Bertz CT molecular complexity index is 888. The molecule has 3 aromatic carbocycles. The van der Waals surface area contributed by atoms with Gasteiger partial charge in [-0.3, -0.25) is 0 Å². The first kappa shape index (κ1) is 12.6. The van der Waals surface area contributed by atoms with Crippen molar-refractivity contribution < 1.29 is 0 Å². The molecule has 0 aliphatic heterocycles. The molecular weight excluding hydrogens is 321 g/mol. The van der Waals surface area contributed by atoms with Crippen LogP contribution in [-0.4, -0.2) is 19.5 Å². The van der Waals surface area contributed by atoms with Crippen LogP contribution in [0.15, 0.2) is 77.7 Å². The number of hydrogen-bond acceptors (Lipinski definition) is 1. The zero-order valence-electron chi connectivity index (χ0n) is 11.4. The molecule has 0 N–H and O–H groups in total. The summed E-state index contributed by atoms with van der Waals surface area (Å²) >= 11 is 0.301. The first-order chi connectivity index (χ1) is 10.4. The molecule has 0 fully saturated rings. The van der Waals surface area contributed by atoms with Crippen LogP contribution in [-0.2, 0) is 0 Å². The van der Waals surface area contributed by atoms with Gasteiger partial charge in [-0.15, -0.1) is 0 Å². The van der Waals surface area contributed by atoms with Gasteiger partial charge in [0.1, 0.15) is 0 Å². The summed E-state index contributed by atoms with van der Waals surface area (Å²) in [6.45, 7) is 0. The number of benzene rings is 3. The first-order valence-corrected chi connectivity index (χ1v) is 8.75. The Morgan fingerprint density at radius 2 is 1.48 bits per heavy atom. The quantitative estimate of drug-likeness (QED) is 0.487. The van der Waals surface area contributed by atoms with Crippen LogP contribution in [0.3, 0.4) is 0 Å². The fraction of sp³-hybridized carbons (Fsp3) is 0. The van der Waals surface area contributed by atoms with Crippen LogP contribution in [0.4, 0.5) is 0 Å². The van der Waals surface area contributed by atoms with Crippen molar-refractivity contribution >= 4 is 25.3 Å². The van der Waals surface area contributed by atoms with E-state index in [4.69, 9.17) is 4.98 Å². The van der Waals surface area contributed by atoms with E-state index in [-0.39, 0.29) is 0 Å². The molecule has 1 nitrogen and oxygen atoms in total. The second kappa shape index (κ2) is 5.32. The van der Waals surface area contributed by atoms with Crippen molar-refractivity contribution in [1.29, 1.82) is 0 Å². The average molecular weight is 334 g/mol. The summed E-state index contributed by atoms with van der Waals surface area (Å²) in [7, 11) is 0. The second-order valence-electron chi connectivity index (χ2n) is 4.93. The first-order valence-electron chi connectivity index (χ1n) is 6.91. The van der Waals surface area contributed by atoms with E-state index in [9.17, 15) is 0 Å². The van der Waals surface area contributed by atoms with Crippen LogP contribution < -0.4 is 0 Å². The number of rotatable bonds is 2. The van der Waals surface area contributed by atoms with E-state index in [2.05, 4.69) is 71.7 Å². The standard InChI is InChI=1S/C19H13NSe/c1-2-8-15(9-3-1)18-13-21-19(20-18)17-12-6-10-14-7-4-5-11-16(14)17/h1-13H. The zero-order valence-corrected chi connectivity index (χ0v) is 13.1. The van der Waals surface area contributed by atoms with E-state index in [1.165, 1.54) is 26.5 Å². The van der Waals surface area contributed by atoms with Crippen molar-refractivity contribution in [2.45, 2.75) is 0 Å². The second-order valence-corrected chi connectivity index (χ2v) is 6.73. The van der Waals surface area contributed by atoms with Gasteiger partial charge in [-0.2, -0.15) is 0 Å². The molecule has 21 heavy (non-hydrogen) atoms. The molecule has 0 atom stereocenters. The Morgan fingerprint density at radius 3 is 2.38 bits per heavy atom. The SMILES string of the molecule is c1ccc(-c2c[se]c(-c3cccc4ccccc34)n2)cc1. The van der Waals surface area contributed by atoms with Crippen LogP contribution in [0.2, 0.25) is 0 Å². The maximum absolute atomic E-state index is 4.88. The van der Waals surface area contributed by atoms with Crippen LogP contribution in [0, 0.1) is 0 Å². The molecule has 1 aromatic heterocycles. The minimum atomic E-state index is 0.301. The molecule has 100 valence electrons. The third kappa shape index (κ3) is 2.33. The summed E-state index contributed by atoms with van der Waals surface area (Å²) in [5.74, 6) is 0. The van der Waals surface area contributed by atoms with Crippen LogP contribution in [0.1, 0.15) is 0 Å². The minimum absolute atomic E-state index is 0.301. The van der Waals surface area contributed by atoms with Crippen LogP contribution in [0.25, 0.3) is 32.2 Å². The van der Waals surface area contributed by atoms with E-state index >= 15 is 0 Å². The summed E-state index contributed by atoms with van der Waals surface area (Å²) in [5.41, 5.74) is 3.59. The van der Waals surface area contributed by atoms with E-state index in [0.29, 0.717) is 14.5 Å². The molecule has 0 aliphatic rings. The van der Waals surface area contributed by atoms with Crippen molar-refractivity contribution in [2.75, 3.05) is 0 Å². The number of fused-ring (bicyclic) bond motifs is 1. The average Bonchev–Trinajstić information content (AvgIpc) is 3.05. The van der Waals surface area contributed by atoms with Crippen LogP contribution in [0.5, 0.6) is 0 Å². The van der Waals surface area contributed by atoms with Gasteiger partial charge in [-0.1, -0.05) is 0 Å². The predicted molar refractivity (Wildman–Crippen MR) is 89.6 cm³/mol. The Hall–Kier alpha value is -2.15. The van der Waals surface area contributed by atoms with Gasteiger partial charge in [0.2, 0.25) is 0 Å². The molecule has 0 saturated heterocycles. The summed E-state index contributed by atoms with van der Waals surface area (Å²) in [6.07, 6.45) is 0. The molecule has 4 rings (SSSR count). The Kier molecular flexibility index (Phi) is 3.19. The fourth-order valence-corrected chi connectivity index (χ4v) is 4.37. The third-order valence-corrected chi connectivity index (χ3v) is 5.43. The van der Waals surface area contributed by atoms with E-state index in [1.807, 2.05) is 6.07 Å². The maximum atomic E-state index is 4.88. The topological polar surface area (TPSA) is 12.9 Å². The fourth-order valence-electron chi connectivity index (χ4n) is 2.55. The molecule has 1 heterocycles. The van der Waals surface area contributed by atoms with Gasteiger partial charge in [0, 0.05) is 0 Å². The number of hydrogen-bond donors (Lipinski definition) is 0. The molecule has 0 unspecified atom stereocenters. The molecule has 2 heteroatoms. The van der Waals surface area contributed by atoms with E-state index in [0.717, 1.165) is 5.69 Å². The molecular formula is C19H13NSe. The normalized spacial score (nSPS) is 10.9. The van der Waals surface area contributed by atoms with Crippen LogP contribution >= 0.6 is 0 Å². The monoisotopic (exact) mass is 335 g/mol. The molecule has 0 aliphatic carbocycles. The van der Waals surface area contributed by atoms with E-state index < -0.39 is 0 Å². The summed E-state index contributed by atoms with van der Waals surface area (Å²) in [6, 6.07) is 25.4. The van der Waals surface area contributed by atoms with Crippen molar-refractivity contribution in [1.82, 2.24) is 4.98 Å². The Morgan fingerprint density at radius 1 is 0.714 bits per heavy atom.